The van der Waals surface area contributed by atoms with Crippen LogP contribution in [-0.2, 0) is 6.54 Å². The predicted molar refractivity (Wildman–Crippen MR) is 91.4 cm³/mol. The number of thiophene rings is 1. The molecule has 4 nitrogen and oxygen atoms in total. The number of likely N-dealkylation sites (tertiary alicyclic amines) is 1. The maximum atomic E-state index is 5.91. The van der Waals surface area contributed by atoms with E-state index in [9.17, 15) is 0 Å². The molecule has 1 aliphatic heterocycles. The predicted octanol–water partition coefficient (Wildman–Crippen LogP) is 4.79. The van der Waals surface area contributed by atoms with Crippen LogP contribution in [0.5, 0.6) is 0 Å². The number of nitrogens with zero attached hydrogens (tertiary/aromatic N) is 3. The Morgan fingerprint density at radius 3 is 2.91 bits per heavy atom. The normalized spacial score (nSPS) is 18.6. The largest absolute Gasteiger partial charge is 0.338 e. The van der Waals surface area contributed by atoms with E-state index in [2.05, 4.69) is 32.6 Å². The zero-order chi connectivity index (χ0) is 15.6. The van der Waals surface area contributed by atoms with Gasteiger partial charge in [-0.2, -0.15) is 4.98 Å². The molecule has 0 amide bonds. The van der Waals surface area contributed by atoms with Gasteiger partial charge in [-0.05, 0) is 55.1 Å². The maximum Gasteiger partial charge on any atom is 0.241 e. The summed E-state index contributed by atoms with van der Waals surface area (Å²) in [5.74, 6) is 1.28. The molecule has 1 fully saturated rings. The van der Waals surface area contributed by atoms with Crippen LogP contribution in [-0.4, -0.2) is 21.6 Å². The van der Waals surface area contributed by atoms with Crippen LogP contribution in [0.15, 0.2) is 46.3 Å². The van der Waals surface area contributed by atoms with Gasteiger partial charge in [0.1, 0.15) is 0 Å². The van der Waals surface area contributed by atoms with E-state index in [0.717, 1.165) is 12.1 Å². The number of benzene rings is 1. The number of hydrogen-bond donors (Lipinski definition) is 0. The highest BCUT2D eigenvalue weighted by molar-refractivity contribution is 7.10. The Balaban J connectivity index is 1.50. The Bertz CT molecular complexity index is 770. The third-order valence-corrected chi connectivity index (χ3v) is 5.37. The van der Waals surface area contributed by atoms with Gasteiger partial charge in [-0.1, -0.05) is 22.8 Å². The van der Waals surface area contributed by atoms with Gasteiger partial charge in [0.15, 0.2) is 0 Å². The summed E-state index contributed by atoms with van der Waals surface area (Å²) in [6, 6.07) is 12.3. The van der Waals surface area contributed by atoms with E-state index in [0.29, 0.717) is 29.3 Å². The molecule has 1 atom stereocenters. The second-order valence-electron chi connectivity index (χ2n) is 5.66. The molecule has 0 aliphatic carbocycles. The molecule has 4 rings (SSSR count). The Kier molecular flexibility index (Phi) is 4.16. The number of hydrogen-bond acceptors (Lipinski definition) is 5. The fourth-order valence-corrected chi connectivity index (χ4v) is 4.05. The molecule has 0 saturated carbocycles. The zero-order valence-electron chi connectivity index (χ0n) is 12.5. The molecular formula is C17H16ClN3OS. The van der Waals surface area contributed by atoms with Gasteiger partial charge in [0.25, 0.3) is 0 Å². The van der Waals surface area contributed by atoms with Crippen molar-refractivity contribution >= 4 is 22.9 Å². The van der Waals surface area contributed by atoms with Gasteiger partial charge in [0.05, 0.1) is 6.54 Å². The van der Waals surface area contributed by atoms with Crippen molar-refractivity contribution in [3.8, 4) is 11.4 Å². The van der Waals surface area contributed by atoms with E-state index < -0.39 is 0 Å². The monoisotopic (exact) mass is 345 g/mol. The number of aromatic nitrogens is 2. The van der Waals surface area contributed by atoms with Crippen LogP contribution in [0.4, 0.5) is 0 Å². The van der Waals surface area contributed by atoms with Crippen molar-refractivity contribution in [2.45, 2.75) is 25.4 Å². The summed E-state index contributed by atoms with van der Waals surface area (Å²) < 4.78 is 5.44. The standard InChI is InChI=1S/C17H16ClN3OS/c18-13-7-5-12(6-8-13)17-19-16(22-20-17)11-21-9-1-3-14(21)15-4-2-10-23-15/h2,4-8,10,14H,1,3,9,11H2/t14-/m0/s1. The van der Waals surface area contributed by atoms with E-state index in [1.807, 2.05) is 35.6 Å². The second-order valence-corrected chi connectivity index (χ2v) is 7.08. The maximum absolute atomic E-state index is 5.91. The molecule has 2 aromatic heterocycles. The summed E-state index contributed by atoms with van der Waals surface area (Å²) in [5, 5.41) is 6.93. The van der Waals surface area contributed by atoms with Gasteiger partial charge >= 0.3 is 0 Å². The van der Waals surface area contributed by atoms with Gasteiger partial charge in [0.2, 0.25) is 11.7 Å². The van der Waals surface area contributed by atoms with Crippen LogP contribution in [0, 0.1) is 0 Å². The van der Waals surface area contributed by atoms with Crippen molar-refractivity contribution in [2.24, 2.45) is 0 Å². The van der Waals surface area contributed by atoms with Crippen molar-refractivity contribution in [2.75, 3.05) is 6.54 Å². The van der Waals surface area contributed by atoms with Crippen LogP contribution in [0.1, 0.15) is 29.7 Å². The van der Waals surface area contributed by atoms with E-state index in [1.165, 1.54) is 17.7 Å². The van der Waals surface area contributed by atoms with Crippen LogP contribution in [0.3, 0.4) is 0 Å². The summed E-state index contributed by atoms with van der Waals surface area (Å²) in [6.45, 7) is 1.77. The zero-order valence-corrected chi connectivity index (χ0v) is 14.1. The minimum atomic E-state index is 0.473. The third kappa shape index (κ3) is 3.17. The molecule has 0 radical (unpaired) electrons. The lowest BCUT2D eigenvalue weighted by Crippen LogP contribution is -2.22. The molecular weight excluding hydrogens is 330 g/mol. The van der Waals surface area contributed by atoms with Gasteiger partial charge in [-0.3, -0.25) is 4.90 Å². The van der Waals surface area contributed by atoms with E-state index >= 15 is 0 Å². The topological polar surface area (TPSA) is 42.2 Å². The quantitative estimate of drug-likeness (QED) is 0.681. The Morgan fingerprint density at radius 1 is 1.26 bits per heavy atom. The fraction of sp³-hybridized carbons (Fsp3) is 0.294. The minimum Gasteiger partial charge on any atom is -0.338 e. The average Bonchev–Trinajstić information content (AvgIpc) is 3.29. The van der Waals surface area contributed by atoms with Gasteiger partial charge < -0.3 is 4.52 Å². The summed E-state index contributed by atoms with van der Waals surface area (Å²) in [4.78, 5) is 8.37. The van der Waals surface area contributed by atoms with Gasteiger partial charge in [-0.25, -0.2) is 0 Å². The summed E-state index contributed by atoms with van der Waals surface area (Å²) in [6.07, 6.45) is 2.40. The first-order valence-electron chi connectivity index (χ1n) is 7.65. The molecule has 0 bridgehead atoms. The Labute approximate surface area is 143 Å². The molecule has 0 N–H and O–H groups in total. The first kappa shape index (κ1) is 14.9. The fourth-order valence-electron chi connectivity index (χ4n) is 3.03. The minimum absolute atomic E-state index is 0.473. The smallest absolute Gasteiger partial charge is 0.241 e. The molecule has 118 valence electrons. The van der Waals surface area contributed by atoms with E-state index in [-0.39, 0.29) is 0 Å². The number of halogens is 1. The van der Waals surface area contributed by atoms with E-state index in [4.69, 9.17) is 16.1 Å². The lowest BCUT2D eigenvalue weighted by Gasteiger charge is -2.21. The highest BCUT2D eigenvalue weighted by atomic mass is 35.5. The average molecular weight is 346 g/mol. The Morgan fingerprint density at radius 2 is 2.13 bits per heavy atom. The van der Waals surface area contributed by atoms with Crippen LogP contribution >= 0.6 is 22.9 Å². The lowest BCUT2D eigenvalue weighted by molar-refractivity contribution is 0.214. The van der Waals surface area contributed by atoms with Crippen molar-refractivity contribution in [1.82, 2.24) is 15.0 Å². The highest BCUT2D eigenvalue weighted by Crippen LogP contribution is 2.35. The van der Waals surface area contributed by atoms with Crippen LogP contribution in [0.2, 0.25) is 5.02 Å². The third-order valence-electron chi connectivity index (χ3n) is 4.14. The van der Waals surface area contributed by atoms with Gasteiger partial charge in [0, 0.05) is 21.5 Å². The Hall–Kier alpha value is -1.69. The van der Waals surface area contributed by atoms with Gasteiger partial charge in [-0.15, -0.1) is 11.3 Å². The molecule has 3 aromatic rings. The van der Waals surface area contributed by atoms with Crippen molar-refractivity contribution in [1.29, 1.82) is 0 Å². The van der Waals surface area contributed by atoms with Crippen LogP contribution < -0.4 is 0 Å². The van der Waals surface area contributed by atoms with Crippen LogP contribution in [0.25, 0.3) is 11.4 Å². The summed E-state index contributed by atoms with van der Waals surface area (Å²) in [5.41, 5.74) is 0.917. The molecule has 1 saturated heterocycles. The lowest BCUT2D eigenvalue weighted by atomic mass is 10.2. The SMILES string of the molecule is Clc1ccc(-c2noc(CN3CCC[C@H]3c3cccs3)n2)cc1. The van der Waals surface area contributed by atoms with E-state index in [1.54, 1.807) is 0 Å². The number of rotatable bonds is 4. The summed E-state index contributed by atoms with van der Waals surface area (Å²) >= 11 is 7.73. The molecule has 6 heteroatoms. The first-order valence-corrected chi connectivity index (χ1v) is 8.91. The second kappa shape index (κ2) is 6.43. The molecule has 1 aromatic carbocycles. The van der Waals surface area contributed by atoms with Crippen molar-refractivity contribution in [3.05, 3.63) is 57.6 Å². The van der Waals surface area contributed by atoms with Crippen molar-refractivity contribution in [3.63, 3.8) is 0 Å². The molecule has 23 heavy (non-hydrogen) atoms. The molecule has 0 spiro atoms. The molecule has 1 aliphatic rings. The first-order chi connectivity index (χ1) is 11.3. The molecule has 3 heterocycles. The van der Waals surface area contributed by atoms with Crippen molar-refractivity contribution < 1.29 is 4.52 Å². The summed E-state index contributed by atoms with van der Waals surface area (Å²) in [7, 11) is 0. The highest BCUT2D eigenvalue weighted by Gasteiger charge is 2.28. The molecule has 0 unspecified atom stereocenters.